The lowest BCUT2D eigenvalue weighted by atomic mass is 9.99. The minimum absolute atomic E-state index is 0. The van der Waals surface area contributed by atoms with Crippen molar-refractivity contribution in [1.82, 2.24) is 10.2 Å². The van der Waals surface area contributed by atoms with Crippen LogP contribution in [0.1, 0.15) is 31.4 Å². The standard InChI is InChI=1S/C15H22F2N2O.2ClH/c1-2-4-14(19-9-7-18-8-10-19)12-5-3-6-13(11-12)20-15(16)17;;/h3,5-6,11,14-15,18H,2,4,7-10H2,1H3;2*1H/t14-;;/m0../s1. The third kappa shape index (κ3) is 6.24. The summed E-state index contributed by atoms with van der Waals surface area (Å²) in [5.41, 5.74) is 1.06. The SMILES string of the molecule is CCC[C@@H](c1cccc(OC(F)F)c1)N1CCNCC1.Cl.Cl. The van der Waals surface area contributed by atoms with E-state index in [1.807, 2.05) is 6.07 Å². The van der Waals surface area contributed by atoms with Crippen LogP contribution in [0.5, 0.6) is 5.75 Å². The van der Waals surface area contributed by atoms with Crippen LogP contribution >= 0.6 is 24.8 Å². The van der Waals surface area contributed by atoms with Crippen LogP contribution in [0.25, 0.3) is 0 Å². The molecule has 0 saturated carbocycles. The molecule has 1 saturated heterocycles. The molecule has 22 heavy (non-hydrogen) atoms. The molecule has 1 aliphatic rings. The quantitative estimate of drug-likeness (QED) is 0.836. The lowest BCUT2D eigenvalue weighted by Crippen LogP contribution is -2.45. The van der Waals surface area contributed by atoms with Gasteiger partial charge in [-0.1, -0.05) is 25.5 Å². The van der Waals surface area contributed by atoms with Crippen molar-refractivity contribution in [3.63, 3.8) is 0 Å². The van der Waals surface area contributed by atoms with Crippen LogP contribution in [-0.2, 0) is 0 Å². The van der Waals surface area contributed by atoms with E-state index >= 15 is 0 Å². The molecule has 0 unspecified atom stereocenters. The molecule has 1 aliphatic heterocycles. The van der Waals surface area contributed by atoms with Crippen molar-refractivity contribution in [2.45, 2.75) is 32.4 Å². The van der Waals surface area contributed by atoms with Gasteiger partial charge in [-0.05, 0) is 24.1 Å². The number of piperazine rings is 1. The Balaban J connectivity index is 0.00000220. The van der Waals surface area contributed by atoms with Crippen LogP contribution in [0.4, 0.5) is 8.78 Å². The Labute approximate surface area is 143 Å². The number of halogens is 4. The molecule has 3 nitrogen and oxygen atoms in total. The summed E-state index contributed by atoms with van der Waals surface area (Å²) in [6.45, 7) is 3.32. The summed E-state index contributed by atoms with van der Waals surface area (Å²) in [6.07, 6.45) is 2.09. The van der Waals surface area contributed by atoms with Crippen LogP contribution in [0.3, 0.4) is 0 Å². The molecule has 7 heteroatoms. The van der Waals surface area contributed by atoms with Crippen molar-refractivity contribution < 1.29 is 13.5 Å². The topological polar surface area (TPSA) is 24.5 Å². The van der Waals surface area contributed by atoms with Gasteiger partial charge in [0.15, 0.2) is 0 Å². The highest BCUT2D eigenvalue weighted by molar-refractivity contribution is 5.85. The van der Waals surface area contributed by atoms with Crippen molar-refractivity contribution in [2.75, 3.05) is 26.2 Å². The predicted molar refractivity (Wildman–Crippen MR) is 89.7 cm³/mol. The van der Waals surface area contributed by atoms with E-state index in [1.54, 1.807) is 18.2 Å². The first-order valence-corrected chi connectivity index (χ1v) is 7.20. The smallest absolute Gasteiger partial charge is 0.387 e. The molecular formula is C15H24Cl2F2N2O. The van der Waals surface area contributed by atoms with E-state index in [0.717, 1.165) is 44.6 Å². The molecule has 1 aromatic carbocycles. The van der Waals surface area contributed by atoms with Gasteiger partial charge in [0.2, 0.25) is 0 Å². The molecule has 0 spiro atoms. The molecule has 1 fully saturated rings. The summed E-state index contributed by atoms with van der Waals surface area (Å²) in [7, 11) is 0. The molecule has 128 valence electrons. The largest absolute Gasteiger partial charge is 0.435 e. The van der Waals surface area contributed by atoms with E-state index in [9.17, 15) is 8.78 Å². The summed E-state index contributed by atoms with van der Waals surface area (Å²) in [4.78, 5) is 2.42. The second-order valence-electron chi connectivity index (χ2n) is 5.04. The van der Waals surface area contributed by atoms with Crippen LogP contribution in [-0.4, -0.2) is 37.7 Å². The van der Waals surface area contributed by atoms with Gasteiger partial charge in [-0.2, -0.15) is 8.78 Å². The summed E-state index contributed by atoms with van der Waals surface area (Å²) in [5, 5.41) is 3.34. The van der Waals surface area contributed by atoms with Crippen molar-refractivity contribution in [2.24, 2.45) is 0 Å². The number of ether oxygens (including phenoxy) is 1. The molecule has 1 heterocycles. The Morgan fingerprint density at radius 3 is 2.50 bits per heavy atom. The fourth-order valence-corrected chi connectivity index (χ4v) is 2.73. The second kappa shape index (κ2) is 11.0. The summed E-state index contributed by atoms with van der Waals surface area (Å²) >= 11 is 0. The van der Waals surface area contributed by atoms with Crippen molar-refractivity contribution in [1.29, 1.82) is 0 Å². The molecule has 0 aliphatic carbocycles. The fourth-order valence-electron chi connectivity index (χ4n) is 2.73. The van der Waals surface area contributed by atoms with Crippen LogP contribution in [0, 0.1) is 0 Å². The predicted octanol–water partition coefficient (Wildman–Crippen LogP) is 3.88. The van der Waals surface area contributed by atoms with Gasteiger partial charge in [0.25, 0.3) is 0 Å². The summed E-state index contributed by atoms with van der Waals surface area (Å²) in [6, 6.07) is 7.40. The Hall–Kier alpha value is -0.620. The second-order valence-corrected chi connectivity index (χ2v) is 5.04. The molecule has 0 aromatic heterocycles. The maximum Gasteiger partial charge on any atom is 0.387 e. The maximum atomic E-state index is 12.3. The highest BCUT2D eigenvalue weighted by Gasteiger charge is 2.21. The summed E-state index contributed by atoms with van der Waals surface area (Å²) < 4.78 is 29.1. The highest BCUT2D eigenvalue weighted by atomic mass is 35.5. The zero-order valence-corrected chi connectivity index (χ0v) is 14.3. The lowest BCUT2D eigenvalue weighted by molar-refractivity contribution is -0.0499. The Morgan fingerprint density at radius 2 is 1.91 bits per heavy atom. The lowest BCUT2D eigenvalue weighted by Gasteiger charge is -2.35. The average molecular weight is 357 g/mol. The van der Waals surface area contributed by atoms with Gasteiger partial charge < -0.3 is 10.1 Å². The van der Waals surface area contributed by atoms with E-state index in [-0.39, 0.29) is 36.6 Å². The van der Waals surface area contributed by atoms with Gasteiger partial charge in [0.1, 0.15) is 5.75 Å². The van der Waals surface area contributed by atoms with Crippen molar-refractivity contribution in [3.05, 3.63) is 29.8 Å². The van der Waals surface area contributed by atoms with Crippen molar-refractivity contribution in [3.8, 4) is 5.75 Å². The first-order valence-electron chi connectivity index (χ1n) is 7.20. The van der Waals surface area contributed by atoms with Gasteiger partial charge in [-0.15, -0.1) is 24.8 Å². The minimum Gasteiger partial charge on any atom is -0.435 e. The third-order valence-corrected chi connectivity index (χ3v) is 3.62. The van der Waals surface area contributed by atoms with E-state index in [1.165, 1.54) is 0 Å². The van der Waals surface area contributed by atoms with E-state index < -0.39 is 6.61 Å². The van der Waals surface area contributed by atoms with Crippen LogP contribution < -0.4 is 10.1 Å². The van der Waals surface area contributed by atoms with Gasteiger partial charge in [-0.25, -0.2) is 0 Å². The molecule has 2 rings (SSSR count). The van der Waals surface area contributed by atoms with Gasteiger partial charge in [0.05, 0.1) is 0 Å². The van der Waals surface area contributed by atoms with E-state index in [0.29, 0.717) is 0 Å². The molecule has 1 atom stereocenters. The number of hydrogen-bond donors (Lipinski definition) is 1. The first-order chi connectivity index (χ1) is 9.70. The Morgan fingerprint density at radius 1 is 1.23 bits per heavy atom. The number of benzene rings is 1. The first kappa shape index (κ1) is 21.4. The molecule has 0 radical (unpaired) electrons. The monoisotopic (exact) mass is 356 g/mol. The van der Waals surface area contributed by atoms with Crippen molar-refractivity contribution >= 4 is 24.8 Å². The zero-order chi connectivity index (χ0) is 14.4. The van der Waals surface area contributed by atoms with E-state index in [4.69, 9.17) is 0 Å². The zero-order valence-electron chi connectivity index (χ0n) is 12.6. The van der Waals surface area contributed by atoms with Gasteiger partial charge in [0, 0.05) is 32.2 Å². The van der Waals surface area contributed by atoms with Crippen LogP contribution in [0.2, 0.25) is 0 Å². The van der Waals surface area contributed by atoms with Crippen LogP contribution in [0.15, 0.2) is 24.3 Å². The Bertz CT molecular complexity index is 418. The molecule has 1 N–H and O–H groups in total. The highest BCUT2D eigenvalue weighted by Crippen LogP contribution is 2.29. The number of nitrogens with one attached hydrogen (secondary N) is 1. The molecule has 0 bridgehead atoms. The molecule has 0 amide bonds. The normalized spacial score (nSPS) is 16.5. The average Bonchev–Trinajstić information content (AvgIpc) is 2.45. The number of nitrogens with zero attached hydrogens (tertiary/aromatic N) is 1. The van der Waals surface area contributed by atoms with E-state index in [2.05, 4.69) is 21.9 Å². The number of alkyl halides is 2. The fraction of sp³-hybridized carbons (Fsp3) is 0.600. The maximum absolute atomic E-state index is 12.3. The number of rotatable bonds is 6. The minimum atomic E-state index is -2.77. The third-order valence-electron chi connectivity index (χ3n) is 3.62. The number of hydrogen-bond acceptors (Lipinski definition) is 3. The molecular weight excluding hydrogens is 333 g/mol. The Kier molecular flexibility index (Phi) is 10.7. The van der Waals surface area contributed by atoms with Gasteiger partial charge in [-0.3, -0.25) is 4.90 Å². The summed E-state index contributed by atoms with van der Waals surface area (Å²) in [5.74, 6) is 0.244. The van der Waals surface area contributed by atoms with Gasteiger partial charge >= 0.3 is 6.61 Å². The molecule has 1 aromatic rings.